The summed E-state index contributed by atoms with van der Waals surface area (Å²) in [5.41, 5.74) is 4.53. The molecule has 8 heteroatoms. The lowest BCUT2D eigenvalue weighted by Gasteiger charge is -2.21. The molecule has 3 aromatic carbocycles. The van der Waals surface area contributed by atoms with Crippen LogP contribution in [-0.4, -0.2) is 45.0 Å². The number of ether oxygens (including phenoxy) is 2. The van der Waals surface area contributed by atoms with Gasteiger partial charge in [0.1, 0.15) is 5.75 Å². The van der Waals surface area contributed by atoms with E-state index in [9.17, 15) is 18.5 Å². The Labute approximate surface area is 256 Å². The lowest BCUT2D eigenvalue weighted by Crippen LogP contribution is -2.32. The summed E-state index contributed by atoms with van der Waals surface area (Å²) in [6.07, 6.45) is 3.68. The van der Waals surface area contributed by atoms with Crippen LogP contribution in [0.5, 0.6) is 5.75 Å². The summed E-state index contributed by atoms with van der Waals surface area (Å²) in [4.78, 5) is 12.7. The molecule has 0 amide bonds. The van der Waals surface area contributed by atoms with E-state index in [0.29, 0.717) is 37.4 Å². The lowest BCUT2D eigenvalue weighted by atomic mass is 9.83. The molecule has 3 rings (SSSR count). The van der Waals surface area contributed by atoms with Crippen molar-refractivity contribution in [3.05, 3.63) is 89.5 Å². The van der Waals surface area contributed by atoms with Gasteiger partial charge in [-0.2, -0.15) is 9.57 Å². The Morgan fingerprint density at radius 2 is 1.63 bits per heavy atom. The molecule has 0 unspecified atom stereocenters. The zero-order valence-corrected chi connectivity index (χ0v) is 26.7. The molecule has 0 aliphatic heterocycles. The highest BCUT2D eigenvalue weighted by molar-refractivity contribution is 7.89. The predicted molar refractivity (Wildman–Crippen MR) is 172 cm³/mol. The third kappa shape index (κ3) is 8.56. The van der Waals surface area contributed by atoms with Crippen LogP contribution in [-0.2, 0) is 20.2 Å². The van der Waals surface area contributed by atoms with Gasteiger partial charge in [0.05, 0.1) is 35.3 Å². The highest BCUT2D eigenvalue weighted by Gasteiger charge is 2.23. The number of rotatable bonds is 14. The first kappa shape index (κ1) is 33.6. The van der Waals surface area contributed by atoms with E-state index in [2.05, 4.69) is 45.6 Å². The molecule has 43 heavy (non-hydrogen) atoms. The number of carbonyl (C=O) groups is 1. The van der Waals surface area contributed by atoms with E-state index in [-0.39, 0.29) is 22.5 Å². The van der Waals surface area contributed by atoms with Gasteiger partial charge in [-0.05, 0) is 83.5 Å². The van der Waals surface area contributed by atoms with Crippen molar-refractivity contribution in [1.29, 1.82) is 5.26 Å². The number of hydrogen-bond acceptors (Lipinski definition) is 6. The average Bonchev–Trinajstić information content (AvgIpc) is 2.99. The fourth-order valence-corrected chi connectivity index (χ4v) is 6.25. The standard InChI is InChI=1S/C35H42N2O5S/c1-7-19-37(20-8-2)43(39,40)31-17-13-27(14-18-31)34(38)42-22-10-21-41-30-16-12-28(25-36)33(24-30)32-23-29(35(4,5)6)15-11-26(32)9-3/h9,11-18,23-24H,3,7-8,10,19-22H2,1-2,4-6H3. The summed E-state index contributed by atoms with van der Waals surface area (Å²) >= 11 is 0. The van der Waals surface area contributed by atoms with E-state index in [1.165, 1.54) is 28.6 Å². The van der Waals surface area contributed by atoms with Crippen LogP contribution < -0.4 is 4.74 Å². The molecule has 0 spiro atoms. The van der Waals surface area contributed by atoms with E-state index in [1.807, 2.05) is 26.0 Å². The largest absolute Gasteiger partial charge is 0.493 e. The van der Waals surface area contributed by atoms with Crippen molar-refractivity contribution in [1.82, 2.24) is 4.31 Å². The Bertz CT molecular complexity index is 1560. The summed E-state index contributed by atoms with van der Waals surface area (Å²) in [7, 11) is -3.61. The van der Waals surface area contributed by atoms with Crippen molar-refractivity contribution in [3.63, 3.8) is 0 Å². The second-order valence-corrected chi connectivity index (χ2v) is 13.3. The van der Waals surface area contributed by atoms with Gasteiger partial charge in [-0.15, -0.1) is 0 Å². The average molecular weight is 603 g/mol. The summed E-state index contributed by atoms with van der Waals surface area (Å²) in [6.45, 7) is 15.6. The SMILES string of the molecule is C=Cc1ccc(C(C)(C)C)cc1-c1cc(OCCCOC(=O)c2ccc(S(=O)(=O)N(CCC)CCC)cc2)ccc1C#N. The van der Waals surface area contributed by atoms with Gasteiger partial charge >= 0.3 is 5.97 Å². The van der Waals surface area contributed by atoms with Gasteiger partial charge in [-0.1, -0.05) is 59.4 Å². The molecule has 0 atom stereocenters. The summed E-state index contributed by atoms with van der Waals surface area (Å²) < 4.78 is 38.7. The molecule has 0 aliphatic carbocycles. The molecular formula is C35H42N2O5S. The van der Waals surface area contributed by atoms with Crippen LogP contribution in [0, 0.1) is 11.3 Å². The van der Waals surface area contributed by atoms with Crippen LogP contribution in [0.25, 0.3) is 17.2 Å². The Balaban J connectivity index is 1.61. The number of esters is 1. The van der Waals surface area contributed by atoms with Crippen LogP contribution in [0.15, 0.2) is 72.1 Å². The molecule has 0 fully saturated rings. The van der Waals surface area contributed by atoms with Crippen molar-refractivity contribution >= 4 is 22.1 Å². The van der Waals surface area contributed by atoms with E-state index in [0.717, 1.165) is 35.1 Å². The molecule has 0 aliphatic rings. The molecule has 0 aromatic heterocycles. The van der Waals surface area contributed by atoms with Gasteiger partial charge in [0.25, 0.3) is 0 Å². The first-order chi connectivity index (χ1) is 20.5. The summed E-state index contributed by atoms with van der Waals surface area (Å²) in [5, 5.41) is 9.78. The lowest BCUT2D eigenvalue weighted by molar-refractivity contribution is 0.0486. The molecule has 0 heterocycles. The third-order valence-corrected chi connectivity index (χ3v) is 8.92. The number of nitriles is 1. The zero-order valence-electron chi connectivity index (χ0n) is 25.9. The maximum atomic E-state index is 13.0. The van der Waals surface area contributed by atoms with Crippen LogP contribution in [0.4, 0.5) is 0 Å². The van der Waals surface area contributed by atoms with Crippen LogP contribution >= 0.6 is 0 Å². The molecular weight excluding hydrogens is 560 g/mol. The monoisotopic (exact) mass is 602 g/mol. The maximum absolute atomic E-state index is 13.0. The van der Waals surface area contributed by atoms with Crippen LogP contribution in [0.3, 0.4) is 0 Å². The number of sulfonamides is 1. The molecule has 0 saturated heterocycles. The van der Waals surface area contributed by atoms with Crippen molar-refractivity contribution in [2.24, 2.45) is 0 Å². The topological polar surface area (TPSA) is 96.7 Å². The van der Waals surface area contributed by atoms with E-state index < -0.39 is 16.0 Å². The number of hydrogen-bond donors (Lipinski definition) is 0. The van der Waals surface area contributed by atoms with Crippen molar-refractivity contribution in [2.75, 3.05) is 26.3 Å². The second kappa shape index (κ2) is 15.0. The quantitative estimate of drug-likeness (QED) is 0.139. The molecule has 0 saturated carbocycles. The predicted octanol–water partition coefficient (Wildman–Crippen LogP) is 7.60. The fraction of sp³-hybridized carbons (Fsp3) is 0.371. The number of nitrogens with zero attached hydrogens (tertiary/aromatic N) is 2. The fourth-order valence-electron chi connectivity index (χ4n) is 4.63. The zero-order chi connectivity index (χ0) is 31.6. The Morgan fingerprint density at radius 3 is 2.21 bits per heavy atom. The third-order valence-electron chi connectivity index (χ3n) is 7.01. The van der Waals surface area contributed by atoms with Crippen molar-refractivity contribution < 1.29 is 22.7 Å². The first-order valence-electron chi connectivity index (χ1n) is 14.7. The van der Waals surface area contributed by atoms with Crippen molar-refractivity contribution in [2.45, 2.75) is 64.2 Å². The van der Waals surface area contributed by atoms with Gasteiger partial charge < -0.3 is 9.47 Å². The highest BCUT2D eigenvalue weighted by atomic mass is 32.2. The van der Waals surface area contributed by atoms with Gasteiger partial charge in [0.15, 0.2) is 0 Å². The van der Waals surface area contributed by atoms with Crippen LogP contribution in [0.1, 0.15) is 80.9 Å². The minimum atomic E-state index is -3.61. The Morgan fingerprint density at radius 1 is 0.953 bits per heavy atom. The van der Waals surface area contributed by atoms with Gasteiger partial charge in [0.2, 0.25) is 10.0 Å². The molecule has 228 valence electrons. The van der Waals surface area contributed by atoms with Gasteiger partial charge in [-0.25, -0.2) is 13.2 Å². The minimum Gasteiger partial charge on any atom is -0.493 e. The molecule has 3 aromatic rings. The van der Waals surface area contributed by atoms with Gasteiger partial charge in [-0.3, -0.25) is 0 Å². The smallest absolute Gasteiger partial charge is 0.338 e. The van der Waals surface area contributed by atoms with Crippen LogP contribution in [0.2, 0.25) is 0 Å². The second-order valence-electron chi connectivity index (χ2n) is 11.3. The molecule has 0 N–H and O–H groups in total. The van der Waals surface area contributed by atoms with Crippen molar-refractivity contribution in [3.8, 4) is 22.9 Å². The number of carbonyl (C=O) groups excluding carboxylic acids is 1. The van der Waals surface area contributed by atoms with Gasteiger partial charge in [0, 0.05) is 25.1 Å². The summed E-state index contributed by atoms with van der Waals surface area (Å²) in [6, 6.07) is 19.7. The van der Waals surface area contributed by atoms with E-state index in [4.69, 9.17) is 9.47 Å². The van der Waals surface area contributed by atoms with E-state index >= 15 is 0 Å². The molecule has 7 nitrogen and oxygen atoms in total. The highest BCUT2D eigenvalue weighted by Crippen LogP contribution is 2.35. The number of benzene rings is 3. The minimum absolute atomic E-state index is 0.0585. The van der Waals surface area contributed by atoms with E-state index in [1.54, 1.807) is 18.2 Å². The molecule has 0 radical (unpaired) electrons. The Hall–Kier alpha value is -3.93. The maximum Gasteiger partial charge on any atom is 0.338 e. The first-order valence-corrected chi connectivity index (χ1v) is 16.1. The Kier molecular flexibility index (Phi) is 11.7. The normalized spacial score (nSPS) is 11.7. The summed E-state index contributed by atoms with van der Waals surface area (Å²) in [5.74, 6) is 0.0766. The molecule has 0 bridgehead atoms.